The Morgan fingerprint density at radius 1 is 1.33 bits per heavy atom. The zero-order valence-corrected chi connectivity index (χ0v) is 12.7. The third-order valence-electron chi connectivity index (χ3n) is 2.61. The summed E-state index contributed by atoms with van der Waals surface area (Å²) in [6, 6.07) is 5.30. The summed E-state index contributed by atoms with van der Waals surface area (Å²) in [5, 5.41) is 8.49. The second kappa shape index (κ2) is 7.96. The summed E-state index contributed by atoms with van der Waals surface area (Å²) in [4.78, 5) is 10.5. The fraction of sp³-hybridized carbons (Fsp3) is 0.462. The zero-order chi connectivity index (χ0) is 15.9. The molecule has 0 aromatic heterocycles. The first-order valence-electron chi connectivity index (χ1n) is 6.31. The van der Waals surface area contributed by atoms with Crippen LogP contribution in [0.5, 0.6) is 5.75 Å². The predicted molar refractivity (Wildman–Crippen MR) is 75.8 cm³/mol. The number of benzene rings is 1. The summed E-state index contributed by atoms with van der Waals surface area (Å²) < 4.78 is 36.6. The van der Waals surface area contributed by atoms with Crippen molar-refractivity contribution in [3.8, 4) is 5.75 Å². The molecule has 0 saturated heterocycles. The maximum Gasteiger partial charge on any atom is 0.341 e. The maximum absolute atomic E-state index is 12.1. The van der Waals surface area contributed by atoms with Crippen molar-refractivity contribution in [3.63, 3.8) is 0 Å². The Bertz CT molecular complexity index is 555. The molecule has 8 heteroatoms. The van der Waals surface area contributed by atoms with E-state index < -0.39 is 22.6 Å². The molecule has 0 fully saturated rings. The number of methoxy groups -OCH3 is 1. The van der Waals surface area contributed by atoms with Gasteiger partial charge in [-0.1, -0.05) is 0 Å². The lowest BCUT2D eigenvalue weighted by molar-refractivity contribution is -0.139. The minimum absolute atomic E-state index is 0.0921. The molecular weight excluding hydrogens is 298 g/mol. The van der Waals surface area contributed by atoms with Gasteiger partial charge in [0.05, 0.1) is 4.90 Å². The molecule has 0 saturated carbocycles. The largest absolute Gasteiger partial charge is 0.482 e. The molecule has 21 heavy (non-hydrogen) atoms. The smallest absolute Gasteiger partial charge is 0.341 e. The fourth-order valence-electron chi connectivity index (χ4n) is 1.55. The SMILES string of the molecule is COCCC(C)NS(=O)(=O)c1ccc(OCC(=O)O)cc1. The van der Waals surface area contributed by atoms with Gasteiger partial charge in [0.1, 0.15) is 5.75 Å². The van der Waals surface area contributed by atoms with Crippen LogP contribution in [0.3, 0.4) is 0 Å². The monoisotopic (exact) mass is 317 g/mol. The Morgan fingerprint density at radius 2 is 1.95 bits per heavy atom. The third-order valence-corrected chi connectivity index (χ3v) is 4.21. The van der Waals surface area contributed by atoms with Crippen molar-refractivity contribution in [1.82, 2.24) is 4.72 Å². The van der Waals surface area contributed by atoms with E-state index in [1.807, 2.05) is 0 Å². The number of sulfonamides is 1. The standard InChI is InChI=1S/C13H19NO6S/c1-10(7-8-19-2)14-21(17,18)12-5-3-11(4-6-12)20-9-13(15)16/h3-6,10,14H,7-9H2,1-2H3,(H,15,16). The number of nitrogens with one attached hydrogen (secondary N) is 1. The van der Waals surface area contributed by atoms with Gasteiger partial charge in [0.2, 0.25) is 10.0 Å². The Kier molecular flexibility index (Phi) is 6.60. The number of hydrogen-bond acceptors (Lipinski definition) is 5. The van der Waals surface area contributed by atoms with Crippen LogP contribution in [0.2, 0.25) is 0 Å². The highest BCUT2D eigenvalue weighted by molar-refractivity contribution is 7.89. The van der Waals surface area contributed by atoms with Gasteiger partial charge in [-0.3, -0.25) is 0 Å². The van der Waals surface area contributed by atoms with Crippen molar-refractivity contribution in [1.29, 1.82) is 0 Å². The summed E-state index contributed by atoms with van der Waals surface area (Å²) in [5.41, 5.74) is 0. The molecule has 1 rings (SSSR count). The first-order chi connectivity index (χ1) is 9.85. The van der Waals surface area contributed by atoms with Gasteiger partial charge in [0.25, 0.3) is 0 Å². The molecule has 0 aliphatic rings. The Morgan fingerprint density at radius 3 is 2.48 bits per heavy atom. The third kappa shape index (κ3) is 6.11. The van der Waals surface area contributed by atoms with Crippen molar-refractivity contribution in [3.05, 3.63) is 24.3 Å². The quantitative estimate of drug-likeness (QED) is 0.700. The summed E-state index contributed by atoms with van der Waals surface area (Å²) in [6.07, 6.45) is 0.565. The minimum Gasteiger partial charge on any atom is -0.482 e. The van der Waals surface area contributed by atoms with E-state index >= 15 is 0 Å². The number of carboxylic acids is 1. The molecule has 1 aromatic rings. The van der Waals surface area contributed by atoms with E-state index in [0.29, 0.717) is 18.8 Å². The predicted octanol–water partition coefficient (Wildman–Crippen LogP) is 0.853. The normalized spacial score (nSPS) is 12.9. The lowest BCUT2D eigenvalue weighted by Crippen LogP contribution is -2.33. The molecule has 1 atom stereocenters. The van der Waals surface area contributed by atoms with E-state index in [1.54, 1.807) is 14.0 Å². The van der Waals surface area contributed by atoms with Gasteiger partial charge in [-0.05, 0) is 37.6 Å². The minimum atomic E-state index is -3.62. The van der Waals surface area contributed by atoms with E-state index in [2.05, 4.69) is 4.72 Å². The average Bonchev–Trinajstić information content (AvgIpc) is 2.43. The van der Waals surface area contributed by atoms with Crippen molar-refractivity contribution in [2.45, 2.75) is 24.3 Å². The van der Waals surface area contributed by atoms with Gasteiger partial charge < -0.3 is 14.6 Å². The topological polar surface area (TPSA) is 102 Å². The van der Waals surface area contributed by atoms with Crippen LogP contribution in [0.1, 0.15) is 13.3 Å². The molecule has 2 N–H and O–H groups in total. The first-order valence-corrected chi connectivity index (χ1v) is 7.79. The number of ether oxygens (including phenoxy) is 2. The lowest BCUT2D eigenvalue weighted by atomic mass is 10.3. The Balaban J connectivity index is 2.68. The van der Waals surface area contributed by atoms with Gasteiger partial charge in [-0.2, -0.15) is 0 Å². The van der Waals surface area contributed by atoms with Gasteiger partial charge in [-0.15, -0.1) is 0 Å². The molecule has 0 aliphatic heterocycles. The van der Waals surface area contributed by atoms with Crippen LogP contribution in [-0.4, -0.2) is 45.9 Å². The highest BCUT2D eigenvalue weighted by Gasteiger charge is 2.17. The van der Waals surface area contributed by atoms with Crippen molar-refractivity contribution >= 4 is 16.0 Å². The van der Waals surface area contributed by atoms with Crippen molar-refractivity contribution in [2.75, 3.05) is 20.3 Å². The molecule has 0 bridgehead atoms. The van der Waals surface area contributed by atoms with Crippen LogP contribution in [0.4, 0.5) is 0 Å². The highest BCUT2D eigenvalue weighted by Crippen LogP contribution is 2.16. The second-order valence-corrected chi connectivity index (χ2v) is 6.17. The molecule has 1 aromatic carbocycles. The lowest BCUT2D eigenvalue weighted by Gasteiger charge is -2.14. The van der Waals surface area contributed by atoms with Crippen LogP contribution in [0.25, 0.3) is 0 Å². The second-order valence-electron chi connectivity index (χ2n) is 4.46. The van der Waals surface area contributed by atoms with Crippen molar-refractivity contribution < 1.29 is 27.8 Å². The molecule has 7 nitrogen and oxygen atoms in total. The van der Waals surface area contributed by atoms with Crippen LogP contribution >= 0.6 is 0 Å². The van der Waals surface area contributed by atoms with E-state index in [-0.39, 0.29) is 10.9 Å². The van der Waals surface area contributed by atoms with E-state index in [0.717, 1.165) is 0 Å². The Hall–Kier alpha value is -1.64. The zero-order valence-electron chi connectivity index (χ0n) is 11.9. The van der Waals surface area contributed by atoms with Gasteiger partial charge in [0, 0.05) is 19.8 Å². The summed E-state index contributed by atoms with van der Waals surface area (Å²) >= 11 is 0. The van der Waals surface area contributed by atoms with Crippen LogP contribution in [-0.2, 0) is 19.6 Å². The number of hydrogen-bond donors (Lipinski definition) is 2. The molecule has 1 unspecified atom stereocenters. The maximum atomic E-state index is 12.1. The summed E-state index contributed by atoms with van der Waals surface area (Å²) in [7, 11) is -2.06. The first kappa shape index (κ1) is 17.4. The Labute approximate surface area is 123 Å². The van der Waals surface area contributed by atoms with Crippen LogP contribution in [0.15, 0.2) is 29.2 Å². The number of aliphatic carboxylic acids is 1. The van der Waals surface area contributed by atoms with Gasteiger partial charge in [-0.25, -0.2) is 17.9 Å². The number of rotatable bonds is 9. The van der Waals surface area contributed by atoms with Gasteiger partial charge >= 0.3 is 5.97 Å². The molecule has 0 spiro atoms. The molecule has 0 amide bonds. The van der Waals surface area contributed by atoms with E-state index in [4.69, 9.17) is 14.6 Å². The number of carboxylic acid groups (broad SMARTS) is 1. The van der Waals surface area contributed by atoms with E-state index in [1.165, 1.54) is 24.3 Å². The van der Waals surface area contributed by atoms with Gasteiger partial charge in [0.15, 0.2) is 6.61 Å². The molecular formula is C13H19NO6S. The summed E-state index contributed by atoms with van der Waals surface area (Å²) in [5.74, 6) is -0.802. The fourth-order valence-corrected chi connectivity index (χ4v) is 2.82. The molecule has 118 valence electrons. The molecule has 0 heterocycles. The summed E-state index contributed by atoms with van der Waals surface area (Å²) in [6.45, 7) is 1.74. The number of carbonyl (C=O) groups is 1. The van der Waals surface area contributed by atoms with Crippen LogP contribution in [0, 0.1) is 0 Å². The average molecular weight is 317 g/mol. The highest BCUT2D eigenvalue weighted by atomic mass is 32.2. The van der Waals surface area contributed by atoms with E-state index in [9.17, 15) is 13.2 Å². The molecule has 0 aliphatic carbocycles. The molecule has 0 radical (unpaired) electrons. The van der Waals surface area contributed by atoms with Crippen molar-refractivity contribution in [2.24, 2.45) is 0 Å². The van der Waals surface area contributed by atoms with Crippen LogP contribution < -0.4 is 9.46 Å².